The van der Waals surface area contributed by atoms with Gasteiger partial charge in [-0.1, -0.05) is 33.6 Å². The fraction of sp³-hybridized carbons (Fsp3) is 0.955. The van der Waals surface area contributed by atoms with Crippen LogP contribution in [0.25, 0.3) is 0 Å². The second-order valence-electron chi connectivity index (χ2n) is 8.60. The molecule has 1 rings (SSSR count). The zero-order chi connectivity index (χ0) is 20.1. The highest BCUT2D eigenvalue weighted by molar-refractivity contribution is 5.67. The van der Waals surface area contributed by atoms with Crippen LogP contribution in [0, 0.1) is 5.92 Å². The van der Waals surface area contributed by atoms with E-state index >= 15 is 0 Å². The van der Waals surface area contributed by atoms with Crippen molar-refractivity contribution >= 4 is 6.09 Å². The largest absolute Gasteiger partial charge is 0.449 e. The maximum atomic E-state index is 12.1. The van der Waals surface area contributed by atoms with Crippen molar-refractivity contribution < 1.29 is 14.3 Å². The second-order valence-corrected chi connectivity index (χ2v) is 8.60. The van der Waals surface area contributed by atoms with E-state index in [9.17, 15) is 4.79 Å². The third-order valence-electron chi connectivity index (χ3n) is 5.45. The van der Waals surface area contributed by atoms with Crippen molar-refractivity contribution in [1.82, 2.24) is 9.80 Å². The van der Waals surface area contributed by atoms with Gasteiger partial charge in [-0.15, -0.1) is 0 Å². The highest BCUT2D eigenvalue weighted by Gasteiger charge is 2.27. The average Bonchev–Trinajstić information content (AvgIpc) is 2.66. The molecule has 0 atom stereocenters. The van der Waals surface area contributed by atoms with Gasteiger partial charge in [-0.25, -0.2) is 4.79 Å². The Balaban J connectivity index is 2.07. The van der Waals surface area contributed by atoms with Gasteiger partial charge in [-0.3, -0.25) is 0 Å². The van der Waals surface area contributed by atoms with E-state index in [1.165, 1.54) is 38.8 Å². The lowest BCUT2D eigenvalue weighted by Gasteiger charge is -2.34. The Morgan fingerprint density at radius 3 is 2.22 bits per heavy atom. The fourth-order valence-electron chi connectivity index (χ4n) is 3.57. The zero-order valence-electron chi connectivity index (χ0n) is 18.5. The summed E-state index contributed by atoms with van der Waals surface area (Å²) in [6.45, 7) is 10.1. The first kappa shape index (κ1) is 24.2. The molecule has 1 aliphatic carbocycles. The Labute approximate surface area is 167 Å². The van der Waals surface area contributed by atoms with Gasteiger partial charge in [0.15, 0.2) is 0 Å². The molecule has 0 spiro atoms. The van der Waals surface area contributed by atoms with E-state index in [1.54, 1.807) is 4.90 Å². The van der Waals surface area contributed by atoms with Crippen molar-refractivity contribution in [2.24, 2.45) is 5.92 Å². The third-order valence-corrected chi connectivity index (χ3v) is 5.45. The number of carbonyl (C=O) groups excluding carboxylic acids is 1. The lowest BCUT2D eigenvalue weighted by Crippen LogP contribution is -2.41. The van der Waals surface area contributed by atoms with Crippen molar-refractivity contribution in [2.75, 3.05) is 40.4 Å². The Bertz CT molecular complexity index is 382. The first-order chi connectivity index (χ1) is 12.9. The molecule has 1 saturated carbocycles. The van der Waals surface area contributed by atoms with E-state index < -0.39 is 0 Å². The quantitative estimate of drug-likeness (QED) is 0.422. The van der Waals surface area contributed by atoms with Gasteiger partial charge in [-0.2, -0.15) is 0 Å². The number of nitrogens with zero attached hydrogens (tertiary/aromatic N) is 2. The Kier molecular flexibility index (Phi) is 12.8. The summed E-state index contributed by atoms with van der Waals surface area (Å²) in [7, 11) is 4.09. The van der Waals surface area contributed by atoms with E-state index in [0.717, 1.165) is 38.7 Å². The second kappa shape index (κ2) is 14.2. The molecule has 0 aliphatic heterocycles. The van der Waals surface area contributed by atoms with Gasteiger partial charge in [-0.05, 0) is 71.0 Å². The molecule has 0 saturated heterocycles. The molecular formula is C22H44N2O3. The van der Waals surface area contributed by atoms with Gasteiger partial charge >= 0.3 is 6.09 Å². The Morgan fingerprint density at radius 1 is 1.00 bits per heavy atom. The molecule has 1 aliphatic rings. The summed E-state index contributed by atoms with van der Waals surface area (Å²) in [5.41, 5.74) is 0. The van der Waals surface area contributed by atoms with E-state index in [0.29, 0.717) is 24.7 Å². The molecule has 5 heteroatoms. The average molecular weight is 385 g/mol. The van der Waals surface area contributed by atoms with Gasteiger partial charge < -0.3 is 19.3 Å². The lowest BCUT2D eigenvalue weighted by molar-refractivity contribution is 0.00648. The Morgan fingerprint density at radius 2 is 1.63 bits per heavy atom. The summed E-state index contributed by atoms with van der Waals surface area (Å²) < 4.78 is 11.4. The molecule has 1 amide bonds. The van der Waals surface area contributed by atoms with Crippen LogP contribution in [0.15, 0.2) is 0 Å². The topological polar surface area (TPSA) is 42.0 Å². The van der Waals surface area contributed by atoms with Crippen LogP contribution in [-0.2, 0) is 9.47 Å². The van der Waals surface area contributed by atoms with Crippen molar-refractivity contribution in [3.8, 4) is 0 Å². The summed E-state index contributed by atoms with van der Waals surface area (Å²) in [5.74, 6) is 0.377. The molecule has 0 aromatic rings. The van der Waals surface area contributed by atoms with Gasteiger partial charge in [0.2, 0.25) is 0 Å². The van der Waals surface area contributed by atoms with Gasteiger partial charge in [0.05, 0.1) is 12.7 Å². The molecule has 0 aromatic heterocycles. The van der Waals surface area contributed by atoms with Crippen LogP contribution in [-0.4, -0.2) is 68.4 Å². The summed E-state index contributed by atoms with van der Waals surface area (Å²) in [6, 6.07) is 0.293. The normalized spacial score (nSPS) is 20.3. The molecule has 0 unspecified atom stereocenters. The van der Waals surface area contributed by atoms with E-state index in [-0.39, 0.29) is 6.09 Å². The molecule has 0 heterocycles. The van der Waals surface area contributed by atoms with Gasteiger partial charge in [0, 0.05) is 19.7 Å². The first-order valence-electron chi connectivity index (χ1n) is 11.1. The number of rotatable bonds is 13. The van der Waals surface area contributed by atoms with Crippen LogP contribution in [0.4, 0.5) is 4.79 Å². The smallest absolute Gasteiger partial charge is 0.409 e. The maximum Gasteiger partial charge on any atom is 0.409 e. The minimum atomic E-state index is -0.184. The number of hydrogen-bond acceptors (Lipinski definition) is 4. The van der Waals surface area contributed by atoms with Gasteiger partial charge in [0.25, 0.3) is 0 Å². The van der Waals surface area contributed by atoms with Crippen molar-refractivity contribution in [3.05, 3.63) is 0 Å². The molecule has 0 radical (unpaired) electrons. The van der Waals surface area contributed by atoms with Gasteiger partial charge in [0.1, 0.15) is 0 Å². The number of unbranched alkanes of at least 4 members (excludes halogenated alkanes) is 3. The zero-order valence-corrected chi connectivity index (χ0v) is 18.5. The highest BCUT2D eigenvalue weighted by atomic mass is 16.6. The van der Waals surface area contributed by atoms with E-state index in [4.69, 9.17) is 9.47 Å². The maximum absolute atomic E-state index is 12.1. The number of hydrogen-bond donors (Lipinski definition) is 0. The number of carbonyl (C=O) groups is 1. The minimum Gasteiger partial charge on any atom is -0.449 e. The molecule has 27 heavy (non-hydrogen) atoms. The monoisotopic (exact) mass is 384 g/mol. The van der Waals surface area contributed by atoms with Crippen LogP contribution in [0.3, 0.4) is 0 Å². The summed E-state index contributed by atoms with van der Waals surface area (Å²) in [5, 5.41) is 0. The number of ether oxygens (including phenoxy) is 2. The molecule has 160 valence electrons. The number of amides is 1. The molecule has 0 bridgehead atoms. The van der Waals surface area contributed by atoms with E-state index in [1.807, 2.05) is 7.05 Å². The minimum absolute atomic E-state index is 0.184. The molecule has 0 aromatic carbocycles. The molecule has 5 nitrogen and oxygen atoms in total. The summed E-state index contributed by atoms with van der Waals surface area (Å²) >= 11 is 0. The van der Waals surface area contributed by atoms with Crippen LogP contribution < -0.4 is 0 Å². The van der Waals surface area contributed by atoms with Crippen LogP contribution in [0.1, 0.15) is 78.6 Å². The standard InChI is InChI=1S/C22H44N2O3/c1-6-7-8-15-23(4)16-9-10-17-26-21-13-11-20(12-14-21)24(5)22(25)27-18-19(2)3/h19-21H,6-18H2,1-5H3/t20-,21-. The van der Waals surface area contributed by atoms with E-state index in [2.05, 4.69) is 32.7 Å². The summed E-state index contributed by atoms with van der Waals surface area (Å²) in [6.07, 6.45) is 10.6. The van der Waals surface area contributed by atoms with Crippen molar-refractivity contribution in [1.29, 1.82) is 0 Å². The molecule has 0 N–H and O–H groups in total. The fourth-order valence-corrected chi connectivity index (χ4v) is 3.57. The Hall–Kier alpha value is -0.810. The van der Waals surface area contributed by atoms with Crippen LogP contribution in [0.5, 0.6) is 0 Å². The highest BCUT2D eigenvalue weighted by Crippen LogP contribution is 2.25. The SMILES string of the molecule is CCCCCN(C)CCCCO[C@H]1CC[C@H](N(C)C(=O)OCC(C)C)CC1. The lowest BCUT2D eigenvalue weighted by atomic mass is 9.92. The van der Waals surface area contributed by atoms with Crippen LogP contribution >= 0.6 is 0 Å². The molecule has 1 fully saturated rings. The summed E-state index contributed by atoms with van der Waals surface area (Å²) in [4.78, 5) is 16.3. The molecular weight excluding hydrogens is 340 g/mol. The van der Waals surface area contributed by atoms with Crippen molar-refractivity contribution in [3.63, 3.8) is 0 Å². The third kappa shape index (κ3) is 10.9. The van der Waals surface area contributed by atoms with Crippen molar-refractivity contribution in [2.45, 2.75) is 90.7 Å². The predicted molar refractivity (Wildman–Crippen MR) is 112 cm³/mol. The predicted octanol–water partition coefficient (Wildman–Crippen LogP) is 4.94. The van der Waals surface area contributed by atoms with Crippen LogP contribution in [0.2, 0.25) is 0 Å². The first-order valence-corrected chi connectivity index (χ1v) is 11.1.